The van der Waals surface area contributed by atoms with Crippen LogP contribution in [0.5, 0.6) is 0 Å². The number of sulfonamides is 1. The fraction of sp³-hybridized carbons (Fsp3) is 0.375. The van der Waals surface area contributed by atoms with Crippen molar-refractivity contribution in [2.75, 3.05) is 7.05 Å². The zero-order chi connectivity index (χ0) is 17.3. The van der Waals surface area contributed by atoms with Crippen molar-refractivity contribution in [2.24, 2.45) is 7.05 Å². The first-order chi connectivity index (χ1) is 11.4. The molecular formula is C16H20N4O3S. The van der Waals surface area contributed by atoms with Gasteiger partial charge in [0.2, 0.25) is 10.0 Å². The molecule has 0 saturated heterocycles. The number of carbonyl (C=O) groups is 1. The lowest BCUT2D eigenvalue weighted by molar-refractivity contribution is 0.0718. The number of nitrogens with zero attached hydrogens (tertiary/aromatic N) is 3. The van der Waals surface area contributed by atoms with Gasteiger partial charge in [-0.1, -0.05) is 6.07 Å². The van der Waals surface area contributed by atoms with Crippen LogP contribution in [-0.4, -0.2) is 41.9 Å². The maximum Gasteiger partial charge on any atom is 0.271 e. The maximum atomic E-state index is 12.9. The molecule has 2 heterocycles. The molecule has 128 valence electrons. The first-order valence-corrected chi connectivity index (χ1v) is 9.21. The summed E-state index contributed by atoms with van der Waals surface area (Å²) < 4.78 is 27.7. The highest BCUT2D eigenvalue weighted by Crippen LogP contribution is 2.30. The summed E-state index contributed by atoms with van der Waals surface area (Å²) in [7, 11) is -0.554. The SMILES string of the molecule is CNS(=O)(=O)c1cc(C(=O)N(Cc2ccccn2)C2CC2)n(C)c1. The van der Waals surface area contributed by atoms with Crippen LogP contribution in [0.3, 0.4) is 0 Å². The van der Waals surface area contributed by atoms with E-state index in [2.05, 4.69) is 9.71 Å². The molecule has 24 heavy (non-hydrogen) atoms. The molecule has 1 saturated carbocycles. The first-order valence-electron chi connectivity index (χ1n) is 7.73. The van der Waals surface area contributed by atoms with Crippen LogP contribution in [0.15, 0.2) is 41.6 Å². The van der Waals surface area contributed by atoms with Crippen LogP contribution < -0.4 is 4.72 Å². The summed E-state index contributed by atoms with van der Waals surface area (Å²) in [5.41, 5.74) is 1.17. The molecule has 2 aromatic heterocycles. The molecule has 0 aromatic carbocycles. The summed E-state index contributed by atoms with van der Waals surface area (Å²) in [5, 5.41) is 0. The molecule has 0 atom stereocenters. The lowest BCUT2D eigenvalue weighted by Crippen LogP contribution is -2.34. The van der Waals surface area contributed by atoms with Crippen molar-refractivity contribution < 1.29 is 13.2 Å². The van der Waals surface area contributed by atoms with Crippen molar-refractivity contribution >= 4 is 15.9 Å². The predicted octanol–water partition coefficient (Wildman–Crippen LogP) is 1.13. The third-order valence-electron chi connectivity index (χ3n) is 4.09. The van der Waals surface area contributed by atoms with Gasteiger partial charge < -0.3 is 9.47 Å². The molecule has 0 aliphatic heterocycles. The summed E-state index contributed by atoms with van der Waals surface area (Å²) in [4.78, 5) is 19.1. The second-order valence-electron chi connectivity index (χ2n) is 5.86. The molecule has 1 fully saturated rings. The molecular weight excluding hydrogens is 328 g/mol. The van der Waals surface area contributed by atoms with Crippen molar-refractivity contribution in [3.05, 3.63) is 48.0 Å². The first kappa shape index (κ1) is 16.7. The Kier molecular flexibility index (Phi) is 4.42. The molecule has 8 heteroatoms. The molecule has 7 nitrogen and oxygen atoms in total. The summed E-state index contributed by atoms with van der Waals surface area (Å²) in [6, 6.07) is 7.21. The van der Waals surface area contributed by atoms with Gasteiger partial charge in [-0.15, -0.1) is 0 Å². The molecule has 1 amide bonds. The minimum atomic E-state index is -3.58. The van der Waals surface area contributed by atoms with Crippen LogP contribution in [0.25, 0.3) is 0 Å². The molecule has 1 N–H and O–H groups in total. The normalized spacial score (nSPS) is 14.6. The Morgan fingerprint density at radius 3 is 2.75 bits per heavy atom. The van der Waals surface area contributed by atoms with Crippen LogP contribution in [0.4, 0.5) is 0 Å². The molecule has 3 rings (SSSR count). The number of carbonyl (C=O) groups excluding carboxylic acids is 1. The molecule has 1 aliphatic carbocycles. The Hall–Kier alpha value is -2.19. The van der Waals surface area contributed by atoms with Crippen molar-refractivity contribution in [2.45, 2.75) is 30.3 Å². The number of pyridine rings is 1. The van der Waals surface area contributed by atoms with E-state index in [1.54, 1.807) is 22.7 Å². The number of hydrogen-bond acceptors (Lipinski definition) is 4. The zero-order valence-electron chi connectivity index (χ0n) is 13.6. The Balaban J connectivity index is 1.89. The van der Waals surface area contributed by atoms with Crippen LogP contribution in [0.2, 0.25) is 0 Å². The van der Waals surface area contributed by atoms with E-state index < -0.39 is 10.0 Å². The van der Waals surface area contributed by atoms with E-state index in [1.165, 1.54) is 19.3 Å². The smallest absolute Gasteiger partial charge is 0.271 e. The van der Waals surface area contributed by atoms with Gasteiger partial charge in [0.1, 0.15) is 10.6 Å². The molecule has 0 spiro atoms. The lowest BCUT2D eigenvalue weighted by atomic mass is 10.3. The summed E-state index contributed by atoms with van der Waals surface area (Å²) in [5.74, 6) is -0.178. The van der Waals surface area contributed by atoms with Crippen LogP contribution in [0.1, 0.15) is 29.0 Å². The summed E-state index contributed by atoms with van der Waals surface area (Å²) in [6.07, 6.45) is 5.07. The number of aryl methyl sites for hydroxylation is 1. The third kappa shape index (κ3) is 3.34. The number of rotatable bonds is 6. The standard InChI is InChI=1S/C16H20N4O3S/c1-17-24(22,23)14-9-15(19(2)11-14)16(21)20(13-6-7-13)10-12-5-3-4-8-18-12/h3-5,8-9,11,13,17H,6-7,10H2,1-2H3. The van der Waals surface area contributed by atoms with Gasteiger partial charge in [0, 0.05) is 25.5 Å². The van der Waals surface area contributed by atoms with Gasteiger partial charge in [0.25, 0.3) is 5.91 Å². The fourth-order valence-corrected chi connectivity index (χ4v) is 3.38. The Labute approximate surface area is 141 Å². The second kappa shape index (κ2) is 6.37. The number of hydrogen-bond donors (Lipinski definition) is 1. The Morgan fingerprint density at radius 1 is 1.42 bits per heavy atom. The highest BCUT2D eigenvalue weighted by Gasteiger charge is 2.34. The summed E-state index contributed by atoms with van der Waals surface area (Å²) in [6.45, 7) is 0.420. The van der Waals surface area contributed by atoms with E-state index in [4.69, 9.17) is 0 Å². The third-order valence-corrected chi connectivity index (χ3v) is 5.47. The molecule has 1 aliphatic rings. The Bertz CT molecular complexity index is 841. The van der Waals surface area contributed by atoms with Crippen molar-refractivity contribution in [3.63, 3.8) is 0 Å². The highest BCUT2D eigenvalue weighted by molar-refractivity contribution is 7.89. The average molecular weight is 348 g/mol. The van der Waals surface area contributed by atoms with Crippen molar-refractivity contribution in [3.8, 4) is 0 Å². The number of nitrogens with one attached hydrogen (secondary N) is 1. The van der Waals surface area contributed by atoms with Crippen LogP contribution >= 0.6 is 0 Å². The zero-order valence-corrected chi connectivity index (χ0v) is 14.5. The van der Waals surface area contributed by atoms with Gasteiger partial charge in [-0.2, -0.15) is 0 Å². The van der Waals surface area contributed by atoms with Gasteiger partial charge >= 0.3 is 0 Å². The predicted molar refractivity (Wildman–Crippen MR) is 88.8 cm³/mol. The lowest BCUT2D eigenvalue weighted by Gasteiger charge is -2.22. The second-order valence-corrected chi connectivity index (χ2v) is 7.75. The Morgan fingerprint density at radius 2 is 2.17 bits per heavy atom. The van der Waals surface area contributed by atoms with E-state index >= 15 is 0 Å². The van der Waals surface area contributed by atoms with Gasteiger partial charge in [0.05, 0.1) is 12.2 Å². The quantitative estimate of drug-likeness (QED) is 0.848. The highest BCUT2D eigenvalue weighted by atomic mass is 32.2. The van der Waals surface area contributed by atoms with Gasteiger partial charge in [-0.3, -0.25) is 9.78 Å². The minimum absolute atomic E-state index is 0.0874. The monoisotopic (exact) mass is 348 g/mol. The van der Waals surface area contributed by atoms with Crippen LogP contribution in [-0.2, 0) is 23.6 Å². The average Bonchev–Trinajstić information content (AvgIpc) is 3.34. The topological polar surface area (TPSA) is 84.3 Å². The molecule has 0 bridgehead atoms. The van der Waals surface area contributed by atoms with E-state index in [9.17, 15) is 13.2 Å². The van der Waals surface area contributed by atoms with E-state index in [0.717, 1.165) is 18.5 Å². The molecule has 0 radical (unpaired) electrons. The largest absolute Gasteiger partial charge is 0.345 e. The van der Waals surface area contributed by atoms with E-state index in [0.29, 0.717) is 12.2 Å². The van der Waals surface area contributed by atoms with Crippen molar-refractivity contribution in [1.29, 1.82) is 0 Å². The van der Waals surface area contributed by atoms with Gasteiger partial charge in [-0.25, -0.2) is 13.1 Å². The summed E-state index contributed by atoms with van der Waals surface area (Å²) >= 11 is 0. The minimum Gasteiger partial charge on any atom is -0.345 e. The number of aromatic nitrogens is 2. The fourth-order valence-electron chi connectivity index (χ4n) is 2.58. The van der Waals surface area contributed by atoms with Gasteiger partial charge in [-0.05, 0) is 38.1 Å². The number of amides is 1. The maximum absolute atomic E-state index is 12.9. The molecule has 2 aromatic rings. The van der Waals surface area contributed by atoms with E-state index in [-0.39, 0.29) is 16.8 Å². The van der Waals surface area contributed by atoms with Crippen LogP contribution in [0, 0.1) is 0 Å². The van der Waals surface area contributed by atoms with Gasteiger partial charge in [0.15, 0.2) is 0 Å². The van der Waals surface area contributed by atoms with Crippen molar-refractivity contribution in [1.82, 2.24) is 19.2 Å². The van der Waals surface area contributed by atoms with E-state index in [1.807, 2.05) is 18.2 Å². The molecule has 0 unspecified atom stereocenters.